The molecule has 0 bridgehead atoms. The van der Waals surface area contributed by atoms with E-state index in [1.807, 2.05) is 0 Å². The molecule has 0 aromatic carbocycles. The van der Waals surface area contributed by atoms with Gasteiger partial charge in [-0.25, -0.2) is 0 Å². The molecular formula is C9H15F3N2O2. The average molecular weight is 240 g/mol. The van der Waals surface area contributed by atoms with Crippen LogP contribution in [0, 0.1) is 0 Å². The van der Waals surface area contributed by atoms with Gasteiger partial charge < -0.3 is 10.1 Å². The van der Waals surface area contributed by atoms with Crippen LogP contribution in [0.25, 0.3) is 0 Å². The van der Waals surface area contributed by atoms with E-state index in [-0.39, 0.29) is 19.4 Å². The molecule has 0 aromatic rings. The average Bonchev–Trinajstić information content (AvgIpc) is 2.95. The van der Waals surface area contributed by atoms with Crippen molar-refractivity contribution in [2.45, 2.75) is 24.6 Å². The zero-order chi connectivity index (χ0) is 12.2. The number of amides is 1. The maximum absolute atomic E-state index is 12.4. The van der Waals surface area contributed by atoms with E-state index in [0.29, 0.717) is 13.2 Å². The summed E-state index contributed by atoms with van der Waals surface area (Å²) >= 11 is 0. The van der Waals surface area contributed by atoms with Gasteiger partial charge >= 0.3 is 6.18 Å². The van der Waals surface area contributed by atoms with E-state index in [1.165, 1.54) is 7.11 Å². The van der Waals surface area contributed by atoms with E-state index >= 15 is 0 Å². The molecule has 94 valence electrons. The molecule has 1 amide bonds. The lowest BCUT2D eigenvalue weighted by Crippen LogP contribution is -2.49. The Morgan fingerprint density at radius 2 is 2.06 bits per heavy atom. The molecule has 0 aliphatic heterocycles. The van der Waals surface area contributed by atoms with Crippen molar-refractivity contribution in [2.75, 3.05) is 26.8 Å². The van der Waals surface area contributed by atoms with Gasteiger partial charge in [0.05, 0.1) is 13.2 Å². The first-order valence-corrected chi connectivity index (χ1v) is 4.99. The van der Waals surface area contributed by atoms with Crippen LogP contribution in [0.15, 0.2) is 0 Å². The van der Waals surface area contributed by atoms with Crippen LogP contribution in [0.1, 0.15) is 12.8 Å². The summed E-state index contributed by atoms with van der Waals surface area (Å²) < 4.78 is 42.0. The van der Waals surface area contributed by atoms with Gasteiger partial charge in [-0.05, 0) is 12.8 Å². The van der Waals surface area contributed by atoms with Crippen LogP contribution < -0.4 is 10.6 Å². The molecule has 4 nitrogen and oxygen atoms in total. The van der Waals surface area contributed by atoms with Crippen LogP contribution in [0.3, 0.4) is 0 Å². The Labute approximate surface area is 91.5 Å². The SMILES string of the molecule is COCCNC(=O)CNC1(C(F)(F)F)CC1. The minimum Gasteiger partial charge on any atom is -0.383 e. The number of halogens is 3. The Balaban J connectivity index is 2.22. The van der Waals surface area contributed by atoms with Gasteiger partial charge in [-0.15, -0.1) is 0 Å². The first-order valence-electron chi connectivity index (χ1n) is 4.99. The van der Waals surface area contributed by atoms with Crippen molar-refractivity contribution in [2.24, 2.45) is 0 Å². The summed E-state index contributed by atoms with van der Waals surface area (Å²) in [4.78, 5) is 11.1. The van der Waals surface area contributed by atoms with Gasteiger partial charge in [0.1, 0.15) is 5.54 Å². The van der Waals surface area contributed by atoms with Crippen LogP contribution in [0.5, 0.6) is 0 Å². The molecule has 1 aliphatic carbocycles. The maximum Gasteiger partial charge on any atom is 0.406 e. The molecule has 0 aromatic heterocycles. The van der Waals surface area contributed by atoms with E-state index in [2.05, 4.69) is 15.4 Å². The molecule has 16 heavy (non-hydrogen) atoms. The highest BCUT2D eigenvalue weighted by Crippen LogP contribution is 2.48. The third-order valence-electron chi connectivity index (χ3n) is 2.51. The molecule has 2 N–H and O–H groups in total. The number of alkyl halides is 3. The van der Waals surface area contributed by atoms with Crippen molar-refractivity contribution in [1.82, 2.24) is 10.6 Å². The molecule has 7 heteroatoms. The van der Waals surface area contributed by atoms with Crippen molar-refractivity contribution in [1.29, 1.82) is 0 Å². The maximum atomic E-state index is 12.4. The second-order valence-electron chi connectivity index (χ2n) is 3.78. The summed E-state index contributed by atoms with van der Waals surface area (Å²) in [5, 5.41) is 4.70. The first kappa shape index (κ1) is 13.2. The highest BCUT2D eigenvalue weighted by Gasteiger charge is 2.63. The van der Waals surface area contributed by atoms with Crippen molar-refractivity contribution in [3.63, 3.8) is 0 Å². The van der Waals surface area contributed by atoms with Gasteiger partial charge in [-0.3, -0.25) is 10.1 Å². The number of ether oxygens (including phenoxy) is 1. The summed E-state index contributed by atoms with van der Waals surface area (Å²) in [5.74, 6) is -0.451. The zero-order valence-electron chi connectivity index (χ0n) is 8.99. The normalized spacial score (nSPS) is 18.2. The van der Waals surface area contributed by atoms with Crippen LogP contribution >= 0.6 is 0 Å². The largest absolute Gasteiger partial charge is 0.406 e. The molecule has 0 atom stereocenters. The lowest BCUT2D eigenvalue weighted by Gasteiger charge is -2.20. The third-order valence-corrected chi connectivity index (χ3v) is 2.51. The quantitative estimate of drug-likeness (QED) is 0.662. The summed E-state index contributed by atoms with van der Waals surface area (Å²) in [5.41, 5.74) is -1.83. The van der Waals surface area contributed by atoms with Gasteiger partial charge in [0.15, 0.2) is 0 Å². The van der Waals surface area contributed by atoms with Crippen molar-refractivity contribution >= 4 is 5.91 Å². The monoisotopic (exact) mass is 240 g/mol. The van der Waals surface area contributed by atoms with Gasteiger partial charge in [0, 0.05) is 13.7 Å². The van der Waals surface area contributed by atoms with Crippen molar-refractivity contribution in [3.05, 3.63) is 0 Å². The lowest BCUT2D eigenvalue weighted by molar-refractivity contribution is -0.166. The molecule has 0 radical (unpaired) electrons. The van der Waals surface area contributed by atoms with E-state index in [4.69, 9.17) is 0 Å². The van der Waals surface area contributed by atoms with Crippen LogP contribution in [0.2, 0.25) is 0 Å². The highest BCUT2D eigenvalue weighted by atomic mass is 19.4. The van der Waals surface area contributed by atoms with Crippen LogP contribution in [-0.4, -0.2) is 44.4 Å². The number of hydrogen-bond donors (Lipinski definition) is 2. The number of carbonyl (C=O) groups excluding carboxylic acids is 1. The van der Waals surface area contributed by atoms with E-state index in [1.54, 1.807) is 0 Å². The van der Waals surface area contributed by atoms with Crippen molar-refractivity contribution < 1.29 is 22.7 Å². The molecule has 0 unspecified atom stereocenters. The zero-order valence-corrected chi connectivity index (χ0v) is 8.99. The summed E-state index contributed by atoms with van der Waals surface area (Å²) in [6.45, 7) is 0.329. The molecule has 0 spiro atoms. The Morgan fingerprint density at radius 3 is 2.50 bits per heavy atom. The van der Waals surface area contributed by atoms with Crippen molar-refractivity contribution in [3.8, 4) is 0 Å². The first-order chi connectivity index (χ1) is 7.41. The van der Waals surface area contributed by atoms with Gasteiger partial charge in [-0.1, -0.05) is 0 Å². The van der Waals surface area contributed by atoms with Gasteiger partial charge in [-0.2, -0.15) is 13.2 Å². The predicted octanol–water partition coefficient (Wildman–Crippen LogP) is 0.433. The number of rotatable bonds is 6. The standard InChI is InChI=1S/C9H15F3N2O2/c1-16-5-4-13-7(15)6-14-8(2-3-8)9(10,11)12/h14H,2-6H2,1H3,(H,13,15). The third kappa shape index (κ3) is 3.34. The second-order valence-corrected chi connectivity index (χ2v) is 3.78. The molecule has 1 fully saturated rings. The number of nitrogens with one attached hydrogen (secondary N) is 2. The van der Waals surface area contributed by atoms with Crippen LogP contribution in [-0.2, 0) is 9.53 Å². The lowest BCUT2D eigenvalue weighted by atomic mass is 10.2. The minimum atomic E-state index is -4.28. The second kappa shape index (κ2) is 5.01. The fourth-order valence-corrected chi connectivity index (χ4v) is 1.29. The minimum absolute atomic E-state index is 0.0435. The number of hydrogen-bond acceptors (Lipinski definition) is 3. The van der Waals surface area contributed by atoms with Crippen LogP contribution in [0.4, 0.5) is 13.2 Å². The molecule has 0 saturated heterocycles. The topological polar surface area (TPSA) is 50.4 Å². The number of carbonyl (C=O) groups is 1. The van der Waals surface area contributed by atoms with Gasteiger partial charge in [0.25, 0.3) is 0 Å². The highest BCUT2D eigenvalue weighted by molar-refractivity contribution is 5.78. The fourth-order valence-electron chi connectivity index (χ4n) is 1.29. The molecule has 1 saturated carbocycles. The number of methoxy groups -OCH3 is 1. The van der Waals surface area contributed by atoms with E-state index in [0.717, 1.165) is 0 Å². The van der Waals surface area contributed by atoms with Gasteiger partial charge in [0.2, 0.25) is 5.91 Å². The molecule has 0 heterocycles. The molecule has 1 aliphatic rings. The Bertz CT molecular complexity index is 252. The Kier molecular flexibility index (Phi) is 4.15. The molecule has 1 rings (SSSR count). The molecular weight excluding hydrogens is 225 g/mol. The Morgan fingerprint density at radius 1 is 1.44 bits per heavy atom. The van der Waals surface area contributed by atoms with E-state index in [9.17, 15) is 18.0 Å². The Hall–Kier alpha value is -0.820. The van der Waals surface area contributed by atoms with E-state index < -0.39 is 17.6 Å². The predicted molar refractivity (Wildman–Crippen MR) is 50.9 cm³/mol. The summed E-state index contributed by atoms with van der Waals surface area (Å²) in [6, 6.07) is 0. The summed E-state index contributed by atoms with van der Waals surface area (Å²) in [7, 11) is 1.48. The summed E-state index contributed by atoms with van der Waals surface area (Å²) in [6.07, 6.45) is -4.19. The smallest absolute Gasteiger partial charge is 0.383 e. The fraction of sp³-hybridized carbons (Fsp3) is 0.889.